The molecule has 0 atom stereocenters. The molecule has 0 amide bonds. The molecule has 0 fully saturated rings. The first-order valence-electron chi connectivity index (χ1n) is 15.1. The first-order valence-corrected chi connectivity index (χ1v) is 20.1. The molecule has 0 radical (unpaired) electrons. The highest BCUT2D eigenvalue weighted by Crippen LogP contribution is 2.41. The van der Waals surface area contributed by atoms with Gasteiger partial charge in [0.05, 0.1) is 4.90 Å². The summed E-state index contributed by atoms with van der Waals surface area (Å²) in [5.41, 5.74) is 0.0277. The SMILES string of the molecule is Cc1cc(-c2ccc(Oc3c(F)c(F)c(S(=O)(=O)c4c(F)c(F)c(C)c(F)c4F)c(F)c3F)c(C)c2)ccc1Oc1ccc(S(C)(=O)=O)cc1CS(=O)(=O)O. The van der Waals surface area contributed by atoms with Gasteiger partial charge >= 0.3 is 0 Å². The van der Waals surface area contributed by atoms with Gasteiger partial charge in [-0.05, 0) is 85.5 Å². The van der Waals surface area contributed by atoms with Crippen LogP contribution in [0.15, 0.2) is 69.3 Å². The number of aryl methyl sites for hydroxylation is 2. The zero-order valence-electron chi connectivity index (χ0n) is 28.4. The molecule has 5 rings (SSSR count). The van der Waals surface area contributed by atoms with Crippen molar-refractivity contribution in [2.45, 2.75) is 41.2 Å². The van der Waals surface area contributed by atoms with Crippen molar-refractivity contribution in [2.75, 3.05) is 6.26 Å². The van der Waals surface area contributed by atoms with Gasteiger partial charge in [0.2, 0.25) is 27.2 Å². The standard InChI is InChI=1S/C35H24F8O9S3/c1-15-11-18(5-8-22(15)51-24-10-7-21(53(4,44)45)13-20(24)14-54(46,47)48)19-6-9-23(16(2)12-19)52-33-27(38)31(42)35(32(43)28(33)39)55(49,50)34-29(40)25(36)17(3)26(37)30(34)41/h5-13H,14H2,1-4H3,(H,46,47,48). The molecule has 55 heavy (non-hydrogen) atoms. The van der Waals surface area contributed by atoms with Gasteiger partial charge in [-0.15, -0.1) is 0 Å². The Kier molecular flexibility index (Phi) is 10.9. The summed E-state index contributed by atoms with van der Waals surface area (Å²) in [4.78, 5) is -5.32. The summed E-state index contributed by atoms with van der Waals surface area (Å²) in [6.07, 6.45) is 0.906. The van der Waals surface area contributed by atoms with Crippen molar-refractivity contribution in [3.05, 3.63) is 123 Å². The van der Waals surface area contributed by atoms with E-state index >= 15 is 17.6 Å². The minimum Gasteiger partial charge on any atom is -0.457 e. The molecule has 0 unspecified atom stereocenters. The monoisotopic (exact) mass is 836 g/mol. The summed E-state index contributed by atoms with van der Waals surface area (Å²) in [6.45, 7) is 3.49. The van der Waals surface area contributed by atoms with Crippen LogP contribution in [0, 0.1) is 67.3 Å². The zero-order chi connectivity index (χ0) is 41.1. The van der Waals surface area contributed by atoms with Crippen molar-refractivity contribution in [1.29, 1.82) is 0 Å². The number of rotatable bonds is 10. The maximum absolute atomic E-state index is 15.2. The Morgan fingerprint density at radius 2 is 0.964 bits per heavy atom. The average Bonchev–Trinajstić information content (AvgIpc) is 3.08. The molecule has 1 N–H and O–H groups in total. The van der Waals surface area contributed by atoms with E-state index in [9.17, 15) is 47.4 Å². The van der Waals surface area contributed by atoms with E-state index in [0.29, 0.717) is 23.6 Å². The smallest absolute Gasteiger partial charge is 0.269 e. The number of ether oxygens (including phenoxy) is 2. The predicted molar refractivity (Wildman–Crippen MR) is 179 cm³/mol. The molecule has 0 aliphatic heterocycles. The van der Waals surface area contributed by atoms with Crippen molar-refractivity contribution in [3.63, 3.8) is 0 Å². The van der Waals surface area contributed by atoms with Crippen molar-refractivity contribution >= 4 is 29.8 Å². The second-order valence-electron chi connectivity index (χ2n) is 12.1. The number of sulfone groups is 2. The van der Waals surface area contributed by atoms with Crippen LogP contribution in [-0.2, 0) is 35.5 Å². The van der Waals surface area contributed by atoms with Crippen LogP contribution in [0.25, 0.3) is 11.1 Å². The van der Waals surface area contributed by atoms with Crippen molar-refractivity contribution in [1.82, 2.24) is 0 Å². The number of hydrogen-bond donors (Lipinski definition) is 1. The lowest BCUT2D eigenvalue weighted by molar-refractivity contribution is 0.349. The molecule has 0 heterocycles. The molecule has 5 aromatic rings. The molecule has 0 bridgehead atoms. The highest BCUT2D eigenvalue weighted by Gasteiger charge is 2.40. The largest absolute Gasteiger partial charge is 0.457 e. The van der Waals surface area contributed by atoms with Crippen LogP contribution in [0.2, 0.25) is 0 Å². The Hall–Kier alpha value is -5.05. The average molecular weight is 837 g/mol. The Balaban J connectivity index is 1.46. The van der Waals surface area contributed by atoms with E-state index in [2.05, 4.69) is 0 Å². The third-order valence-corrected chi connectivity index (χ3v) is 11.7. The molecular weight excluding hydrogens is 813 g/mol. The Morgan fingerprint density at radius 3 is 1.38 bits per heavy atom. The van der Waals surface area contributed by atoms with Gasteiger partial charge in [-0.3, -0.25) is 4.55 Å². The molecular formula is C35H24F8O9S3. The van der Waals surface area contributed by atoms with Gasteiger partial charge in [0.15, 0.2) is 44.7 Å². The second-order valence-corrected chi connectivity index (χ2v) is 17.4. The van der Waals surface area contributed by atoms with Gasteiger partial charge in [0.1, 0.15) is 32.8 Å². The highest BCUT2D eigenvalue weighted by atomic mass is 32.2. The van der Waals surface area contributed by atoms with E-state index in [1.54, 1.807) is 13.0 Å². The summed E-state index contributed by atoms with van der Waals surface area (Å²) >= 11 is 0. The Bertz CT molecular complexity index is 2720. The molecule has 0 aliphatic carbocycles. The summed E-state index contributed by atoms with van der Waals surface area (Å²) in [6, 6.07) is 11.9. The Morgan fingerprint density at radius 1 is 0.545 bits per heavy atom. The van der Waals surface area contributed by atoms with E-state index in [1.807, 2.05) is 0 Å². The molecule has 0 spiro atoms. The third-order valence-electron chi connectivity index (χ3n) is 8.08. The van der Waals surface area contributed by atoms with Gasteiger partial charge in [-0.25, -0.2) is 43.2 Å². The summed E-state index contributed by atoms with van der Waals surface area (Å²) in [5.74, 6) is -23.0. The minimum absolute atomic E-state index is 0.0755. The van der Waals surface area contributed by atoms with Crippen molar-refractivity contribution in [2.24, 2.45) is 0 Å². The summed E-state index contributed by atoms with van der Waals surface area (Å²) in [7, 11) is -14.7. The quantitative estimate of drug-likeness (QED) is 0.0832. The molecule has 0 aliphatic rings. The van der Waals surface area contributed by atoms with Gasteiger partial charge < -0.3 is 9.47 Å². The Labute approximate surface area is 308 Å². The van der Waals surface area contributed by atoms with E-state index in [-0.39, 0.29) is 27.5 Å². The maximum atomic E-state index is 15.2. The van der Waals surface area contributed by atoms with E-state index in [0.717, 1.165) is 18.4 Å². The fourth-order valence-corrected chi connectivity index (χ4v) is 8.08. The van der Waals surface area contributed by atoms with Crippen LogP contribution in [0.1, 0.15) is 22.3 Å². The van der Waals surface area contributed by atoms with Crippen LogP contribution in [0.4, 0.5) is 35.1 Å². The normalized spacial score (nSPS) is 12.2. The van der Waals surface area contributed by atoms with Crippen LogP contribution in [0.3, 0.4) is 0 Å². The predicted octanol–water partition coefficient (Wildman–Crippen LogP) is 8.60. The second kappa shape index (κ2) is 14.5. The van der Waals surface area contributed by atoms with Gasteiger partial charge in [-0.1, -0.05) is 12.1 Å². The van der Waals surface area contributed by atoms with Crippen LogP contribution < -0.4 is 9.47 Å². The lowest BCUT2D eigenvalue weighted by Crippen LogP contribution is -2.17. The molecule has 292 valence electrons. The topological polar surface area (TPSA) is 141 Å². The number of hydrogen-bond acceptors (Lipinski definition) is 8. The fourth-order valence-electron chi connectivity index (χ4n) is 5.29. The molecule has 5 aromatic carbocycles. The number of benzene rings is 5. The highest BCUT2D eigenvalue weighted by molar-refractivity contribution is 7.91. The lowest BCUT2D eigenvalue weighted by atomic mass is 10.0. The van der Waals surface area contributed by atoms with Crippen LogP contribution >= 0.6 is 0 Å². The summed E-state index contributed by atoms with van der Waals surface area (Å²) in [5, 5.41) is 0. The first-order chi connectivity index (χ1) is 25.3. The van der Waals surface area contributed by atoms with Gasteiger partial charge in [-0.2, -0.15) is 17.2 Å². The third kappa shape index (κ3) is 7.89. The van der Waals surface area contributed by atoms with Crippen LogP contribution in [-0.4, -0.2) is 36.1 Å². The lowest BCUT2D eigenvalue weighted by Gasteiger charge is -2.16. The summed E-state index contributed by atoms with van der Waals surface area (Å²) < 4.78 is 211. The molecule has 9 nitrogen and oxygen atoms in total. The first kappa shape index (κ1) is 41.1. The zero-order valence-corrected chi connectivity index (χ0v) is 30.8. The maximum Gasteiger partial charge on any atom is 0.269 e. The molecule has 0 saturated carbocycles. The van der Waals surface area contributed by atoms with E-state index in [4.69, 9.17) is 9.47 Å². The van der Waals surface area contributed by atoms with Crippen LogP contribution in [0.5, 0.6) is 23.0 Å². The van der Waals surface area contributed by atoms with E-state index in [1.165, 1.54) is 43.3 Å². The minimum atomic E-state index is -6.32. The molecule has 20 heteroatoms. The van der Waals surface area contributed by atoms with Crippen molar-refractivity contribution in [3.8, 4) is 34.1 Å². The number of halogens is 8. The molecule has 0 aromatic heterocycles. The van der Waals surface area contributed by atoms with Crippen molar-refractivity contribution < 1.29 is 74.4 Å². The molecule has 0 saturated heterocycles. The van der Waals surface area contributed by atoms with E-state index < -0.39 is 109 Å². The fraction of sp³-hybridized carbons (Fsp3) is 0.143. The van der Waals surface area contributed by atoms with Gasteiger partial charge in [0.25, 0.3) is 10.1 Å². The van der Waals surface area contributed by atoms with Gasteiger partial charge in [0, 0.05) is 17.4 Å².